The summed E-state index contributed by atoms with van der Waals surface area (Å²) in [5.41, 5.74) is 7.17. The molecule has 0 aliphatic rings. The number of rotatable bonds is 11. The van der Waals surface area contributed by atoms with Crippen LogP contribution in [0.2, 0.25) is 0 Å². The average Bonchev–Trinajstić information content (AvgIpc) is 2.93. The molecule has 4 aromatic carbocycles. The summed E-state index contributed by atoms with van der Waals surface area (Å²) in [4.78, 5) is 0. The van der Waals surface area contributed by atoms with E-state index in [-0.39, 0.29) is 0 Å². The van der Waals surface area contributed by atoms with E-state index in [2.05, 4.69) is 28.0 Å². The molecule has 0 saturated carbocycles. The minimum absolute atomic E-state index is 0.441. The minimum Gasteiger partial charge on any atom is -0.485 e. The fourth-order valence-electron chi connectivity index (χ4n) is 3.48. The number of thiocarbonyl (C=S) groups is 1. The number of hydrogen-bond donors (Lipinski definition) is 2. The Labute approximate surface area is 217 Å². The largest absolute Gasteiger partial charge is 0.485 e. The SMILES string of the molecule is S=C(NCCc1ccccc1)N/N=C/c1ccc(OCc2ccccc2)c(OCc2ccccc2)c1. The van der Waals surface area contributed by atoms with Crippen molar-refractivity contribution in [3.8, 4) is 11.5 Å². The Morgan fingerprint density at radius 1 is 0.694 bits per heavy atom. The quantitative estimate of drug-likeness (QED) is 0.154. The Hall–Kier alpha value is -4.16. The smallest absolute Gasteiger partial charge is 0.186 e. The molecular weight excluding hydrogens is 466 g/mol. The Bertz CT molecular complexity index is 1250. The Morgan fingerprint density at radius 3 is 1.86 bits per heavy atom. The molecule has 0 bridgehead atoms. The second kappa shape index (κ2) is 13.7. The van der Waals surface area contributed by atoms with Gasteiger partial charge in [0.15, 0.2) is 16.6 Å². The van der Waals surface area contributed by atoms with Crippen LogP contribution in [-0.2, 0) is 19.6 Å². The molecule has 0 atom stereocenters. The average molecular weight is 496 g/mol. The van der Waals surface area contributed by atoms with Gasteiger partial charge in [0.2, 0.25) is 0 Å². The maximum Gasteiger partial charge on any atom is 0.186 e. The molecule has 0 spiro atoms. The van der Waals surface area contributed by atoms with Gasteiger partial charge in [0, 0.05) is 6.54 Å². The molecule has 182 valence electrons. The maximum absolute atomic E-state index is 6.13. The third-order valence-electron chi connectivity index (χ3n) is 5.36. The van der Waals surface area contributed by atoms with Crippen LogP contribution in [0.4, 0.5) is 0 Å². The summed E-state index contributed by atoms with van der Waals surface area (Å²) in [5.74, 6) is 1.33. The molecular formula is C30H29N3O2S. The number of nitrogens with one attached hydrogen (secondary N) is 2. The van der Waals surface area contributed by atoms with Crippen LogP contribution in [0.5, 0.6) is 11.5 Å². The molecule has 6 heteroatoms. The fraction of sp³-hybridized carbons (Fsp3) is 0.133. The van der Waals surface area contributed by atoms with Crippen LogP contribution in [-0.4, -0.2) is 17.9 Å². The van der Waals surface area contributed by atoms with Gasteiger partial charge in [0.05, 0.1) is 6.21 Å². The summed E-state index contributed by atoms with van der Waals surface area (Å²) in [6, 6.07) is 36.1. The molecule has 0 fully saturated rings. The summed E-state index contributed by atoms with van der Waals surface area (Å²) in [6.45, 7) is 1.63. The molecule has 0 heterocycles. The summed E-state index contributed by atoms with van der Waals surface area (Å²) in [7, 11) is 0. The zero-order valence-corrected chi connectivity index (χ0v) is 20.8. The topological polar surface area (TPSA) is 54.9 Å². The lowest BCUT2D eigenvalue weighted by Crippen LogP contribution is -2.33. The first-order chi connectivity index (χ1) is 17.8. The van der Waals surface area contributed by atoms with E-state index in [0.717, 1.165) is 29.7 Å². The zero-order valence-electron chi connectivity index (χ0n) is 20.0. The number of benzene rings is 4. The molecule has 36 heavy (non-hydrogen) atoms. The molecule has 5 nitrogen and oxygen atoms in total. The zero-order chi connectivity index (χ0) is 24.8. The molecule has 0 aromatic heterocycles. The monoisotopic (exact) mass is 495 g/mol. The van der Waals surface area contributed by atoms with E-state index in [0.29, 0.717) is 29.8 Å². The molecule has 0 aliphatic carbocycles. The van der Waals surface area contributed by atoms with E-state index in [9.17, 15) is 0 Å². The molecule has 0 amide bonds. The Kier molecular flexibility index (Phi) is 9.47. The van der Waals surface area contributed by atoms with E-state index in [1.807, 2.05) is 97.1 Å². The normalized spacial score (nSPS) is 10.7. The number of ether oxygens (including phenoxy) is 2. The predicted molar refractivity (Wildman–Crippen MR) is 149 cm³/mol. The van der Waals surface area contributed by atoms with Crippen molar-refractivity contribution in [2.75, 3.05) is 6.54 Å². The van der Waals surface area contributed by atoms with Crippen molar-refractivity contribution in [3.63, 3.8) is 0 Å². The molecule has 0 aliphatic heterocycles. The predicted octanol–water partition coefficient (Wildman–Crippen LogP) is 5.89. The highest BCUT2D eigenvalue weighted by Gasteiger charge is 2.08. The van der Waals surface area contributed by atoms with Crippen LogP contribution in [0.3, 0.4) is 0 Å². The van der Waals surface area contributed by atoms with Crippen LogP contribution >= 0.6 is 12.2 Å². The lowest BCUT2D eigenvalue weighted by molar-refractivity contribution is 0.256. The molecule has 0 saturated heterocycles. The van der Waals surface area contributed by atoms with Crippen molar-refractivity contribution in [1.82, 2.24) is 10.7 Å². The number of hydrazone groups is 1. The van der Waals surface area contributed by atoms with Crippen molar-refractivity contribution >= 4 is 23.5 Å². The first kappa shape index (κ1) is 24.9. The van der Waals surface area contributed by atoms with Crippen molar-refractivity contribution in [1.29, 1.82) is 0 Å². The molecule has 0 radical (unpaired) electrons. The number of nitrogens with zero attached hydrogens (tertiary/aromatic N) is 1. The van der Waals surface area contributed by atoms with E-state index >= 15 is 0 Å². The van der Waals surface area contributed by atoms with Gasteiger partial charge >= 0.3 is 0 Å². The van der Waals surface area contributed by atoms with Crippen LogP contribution in [0.1, 0.15) is 22.3 Å². The van der Waals surface area contributed by atoms with Crippen LogP contribution in [0, 0.1) is 0 Å². The first-order valence-corrected chi connectivity index (χ1v) is 12.3. The van der Waals surface area contributed by atoms with Gasteiger partial charge in [0.1, 0.15) is 13.2 Å². The van der Waals surface area contributed by atoms with Crippen molar-refractivity contribution < 1.29 is 9.47 Å². The second-order valence-corrected chi connectivity index (χ2v) is 8.52. The standard InChI is InChI=1S/C30H29N3O2S/c36-30(31-19-18-24-10-4-1-5-11-24)33-32-21-27-16-17-28(34-22-25-12-6-2-7-13-25)29(20-27)35-23-26-14-8-3-9-15-26/h1-17,20-21H,18-19,22-23H2,(H2,31,33,36)/b32-21+. The van der Waals surface area contributed by atoms with Gasteiger partial charge in [0.25, 0.3) is 0 Å². The number of hydrogen-bond acceptors (Lipinski definition) is 4. The highest BCUT2D eigenvalue weighted by molar-refractivity contribution is 7.80. The first-order valence-electron chi connectivity index (χ1n) is 11.8. The summed E-state index contributed by atoms with van der Waals surface area (Å²) in [5, 5.41) is 7.92. The van der Waals surface area contributed by atoms with Crippen molar-refractivity contribution in [2.24, 2.45) is 5.10 Å². The second-order valence-electron chi connectivity index (χ2n) is 8.12. The lowest BCUT2D eigenvalue weighted by Gasteiger charge is -2.14. The van der Waals surface area contributed by atoms with Gasteiger partial charge in [-0.1, -0.05) is 91.0 Å². The highest BCUT2D eigenvalue weighted by Crippen LogP contribution is 2.29. The summed E-state index contributed by atoms with van der Waals surface area (Å²) < 4.78 is 12.2. The van der Waals surface area contributed by atoms with Gasteiger partial charge in [-0.2, -0.15) is 5.10 Å². The van der Waals surface area contributed by atoms with Crippen molar-refractivity contribution in [2.45, 2.75) is 19.6 Å². The summed E-state index contributed by atoms with van der Waals surface area (Å²) >= 11 is 5.33. The van der Waals surface area contributed by atoms with E-state index in [1.54, 1.807) is 6.21 Å². The lowest BCUT2D eigenvalue weighted by atomic mass is 10.1. The summed E-state index contributed by atoms with van der Waals surface area (Å²) in [6.07, 6.45) is 2.60. The third-order valence-corrected chi connectivity index (χ3v) is 5.60. The van der Waals surface area contributed by atoms with Gasteiger partial charge in [-0.05, 0) is 59.1 Å². The molecule has 2 N–H and O–H groups in total. The van der Waals surface area contributed by atoms with Gasteiger partial charge in [-0.15, -0.1) is 0 Å². The minimum atomic E-state index is 0.441. The van der Waals surface area contributed by atoms with Gasteiger partial charge in [-0.25, -0.2) is 0 Å². The molecule has 4 aromatic rings. The molecule has 4 rings (SSSR count). The Balaban J connectivity index is 1.35. The van der Waals surface area contributed by atoms with E-state index < -0.39 is 0 Å². The van der Waals surface area contributed by atoms with E-state index in [1.165, 1.54) is 5.56 Å². The molecule has 0 unspecified atom stereocenters. The van der Waals surface area contributed by atoms with Gasteiger partial charge < -0.3 is 14.8 Å². The van der Waals surface area contributed by atoms with Crippen LogP contribution in [0.25, 0.3) is 0 Å². The highest BCUT2D eigenvalue weighted by atomic mass is 32.1. The third kappa shape index (κ3) is 8.25. The maximum atomic E-state index is 6.13. The van der Waals surface area contributed by atoms with Crippen LogP contribution < -0.4 is 20.2 Å². The van der Waals surface area contributed by atoms with Gasteiger partial charge in [-0.3, -0.25) is 5.43 Å². The van der Waals surface area contributed by atoms with E-state index in [4.69, 9.17) is 21.7 Å². The van der Waals surface area contributed by atoms with Crippen LogP contribution in [0.15, 0.2) is 114 Å². The Morgan fingerprint density at radius 2 is 1.25 bits per heavy atom. The van der Waals surface area contributed by atoms with Crippen molar-refractivity contribution in [3.05, 3.63) is 131 Å². The fourth-order valence-corrected chi connectivity index (χ4v) is 3.63.